The summed E-state index contributed by atoms with van der Waals surface area (Å²) in [6, 6.07) is 66.7. The van der Waals surface area contributed by atoms with E-state index in [9.17, 15) is 0 Å². The maximum absolute atomic E-state index is 6.78. The minimum Gasteiger partial charge on any atom is -0.449 e. The summed E-state index contributed by atoms with van der Waals surface area (Å²) in [5.41, 5.74) is 10.3. The molecule has 3 heterocycles. The highest BCUT2D eigenvalue weighted by atomic mass is 32.1. The van der Waals surface area contributed by atoms with Crippen LogP contribution in [0.1, 0.15) is 52.7 Å². The Morgan fingerprint density at radius 2 is 0.952 bits per heavy atom. The van der Waals surface area contributed by atoms with E-state index in [1.54, 1.807) is 11.3 Å². The number of aromatic nitrogens is 2. The molecule has 0 bridgehead atoms. The van der Waals surface area contributed by atoms with Crippen molar-refractivity contribution in [3.8, 4) is 45.3 Å². The molecule has 0 atom stereocenters. The van der Waals surface area contributed by atoms with Crippen LogP contribution in [0, 0.1) is 0 Å². The molecule has 0 N–H and O–H groups in total. The number of rotatable bonds is 6. The maximum atomic E-state index is 6.78. The van der Waals surface area contributed by atoms with Crippen molar-refractivity contribution < 1.29 is 9.47 Å². The summed E-state index contributed by atoms with van der Waals surface area (Å²) in [6.07, 6.45) is 0. The number of benzene rings is 8. The van der Waals surface area contributed by atoms with Gasteiger partial charge in [-0.3, -0.25) is 4.40 Å². The van der Waals surface area contributed by atoms with Gasteiger partial charge in [0, 0.05) is 11.1 Å². The van der Waals surface area contributed by atoms with Crippen molar-refractivity contribution in [2.45, 2.75) is 52.4 Å². The van der Waals surface area contributed by atoms with Gasteiger partial charge in [-0.15, -0.1) is 0 Å². The van der Waals surface area contributed by atoms with Gasteiger partial charge in [-0.25, -0.2) is 4.98 Å². The number of hydrogen-bond acceptors (Lipinski definition) is 4. The molecule has 1 aliphatic heterocycles. The van der Waals surface area contributed by atoms with Gasteiger partial charge in [-0.2, -0.15) is 0 Å². The van der Waals surface area contributed by atoms with Crippen molar-refractivity contribution in [2.24, 2.45) is 0 Å². The van der Waals surface area contributed by atoms with E-state index >= 15 is 0 Å². The summed E-state index contributed by atoms with van der Waals surface area (Å²) >= 11 is 1.78. The van der Waals surface area contributed by atoms with E-state index in [0.717, 1.165) is 50.1 Å². The molecule has 4 nitrogen and oxygen atoms in total. The first-order chi connectivity index (χ1) is 30.5. The summed E-state index contributed by atoms with van der Waals surface area (Å²) in [5, 5.41) is 5.27. The van der Waals surface area contributed by atoms with Crippen LogP contribution in [0.15, 0.2) is 182 Å². The van der Waals surface area contributed by atoms with Gasteiger partial charge in [0.1, 0.15) is 0 Å². The molecule has 11 rings (SSSR count). The fourth-order valence-electron chi connectivity index (χ4n) is 9.86. The van der Waals surface area contributed by atoms with Gasteiger partial charge < -0.3 is 9.47 Å². The van der Waals surface area contributed by atoms with Crippen molar-refractivity contribution in [1.29, 1.82) is 0 Å². The quantitative estimate of drug-likeness (QED) is 0.123. The first kappa shape index (κ1) is 39.1. The predicted molar refractivity (Wildman–Crippen MR) is 267 cm³/mol. The Morgan fingerprint density at radius 1 is 0.444 bits per heavy atom. The molecule has 6 heteroatoms. The number of fused-ring (bicyclic) bond motifs is 7. The number of nitrogens with zero attached hydrogens (tertiary/aromatic N) is 2. The summed E-state index contributed by atoms with van der Waals surface area (Å²) in [7, 11) is -3.09. The number of hydrogen-bond donors (Lipinski definition) is 0. The van der Waals surface area contributed by atoms with Gasteiger partial charge in [-0.05, 0) is 90.2 Å². The average molecular weight is 853 g/mol. The lowest BCUT2D eigenvalue weighted by Crippen LogP contribution is -2.74. The van der Waals surface area contributed by atoms with Crippen LogP contribution in [0.5, 0.6) is 23.0 Å². The molecular formula is C57H48N2O2SSi. The predicted octanol–water partition coefficient (Wildman–Crippen LogP) is 12.9. The standard InChI is InChI=1S/C57H48N2O2SSi/c1-56(2,3)45-33-31-39(35-43(45)41-23-18-30-52-53(41)61-51-29-16-15-28-50(51)60-52)63(37-19-9-7-10-20-37,38-21-11-8-12-22-38)40-32-34-46(57(4,5)6)44(36-40)42-24-17-27-49-54(42)62-55-58-47-25-13-14-26-48(47)59(49)55/h7-36H,1-6H3. The topological polar surface area (TPSA) is 35.8 Å². The lowest BCUT2D eigenvalue weighted by Gasteiger charge is -2.37. The molecule has 0 saturated carbocycles. The van der Waals surface area contributed by atoms with Crippen molar-refractivity contribution in [1.82, 2.24) is 9.38 Å². The highest BCUT2D eigenvalue weighted by Crippen LogP contribution is 2.51. The highest BCUT2D eigenvalue weighted by molar-refractivity contribution is 7.24. The van der Waals surface area contributed by atoms with Crippen LogP contribution in [0.3, 0.4) is 0 Å². The van der Waals surface area contributed by atoms with Crippen LogP contribution in [0.4, 0.5) is 0 Å². The molecule has 308 valence electrons. The van der Waals surface area contributed by atoms with Crippen LogP contribution in [-0.2, 0) is 10.8 Å². The Balaban J connectivity index is 1.21. The third-order valence-electron chi connectivity index (χ3n) is 12.7. The average Bonchev–Trinajstić information content (AvgIpc) is 3.85. The Kier molecular flexibility index (Phi) is 9.12. The highest BCUT2D eigenvalue weighted by Gasteiger charge is 2.43. The van der Waals surface area contributed by atoms with Crippen LogP contribution in [0.2, 0.25) is 0 Å². The van der Waals surface area contributed by atoms with Crippen LogP contribution >= 0.6 is 11.3 Å². The lowest BCUT2D eigenvalue weighted by atomic mass is 9.81. The van der Waals surface area contributed by atoms with Gasteiger partial charge in [0.2, 0.25) is 0 Å². The summed E-state index contributed by atoms with van der Waals surface area (Å²) < 4.78 is 16.9. The van der Waals surface area contributed by atoms with Gasteiger partial charge in [0.25, 0.3) is 0 Å². The van der Waals surface area contributed by atoms with Gasteiger partial charge >= 0.3 is 0 Å². The smallest absolute Gasteiger partial charge is 0.195 e. The van der Waals surface area contributed by atoms with Crippen molar-refractivity contribution in [3.05, 3.63) is 193 Å². The largest absolute Gasteiger partial charge is 0.449 e. The molecule has 10 aromatic rings. The maximum Gasteiger partial charge on any atom is 0.195 e. The SMILES string of the molecule is CC(C)(C)c1ccc([Si](c2ccccc2)(c2ccccc2)c2ccc(C(C)(C)C)c(-c3cccc4c3sc3nc5ccccc5n34)c2)cc1-c1cccc2c1Oc1ccccc1O2. The van der Waals surface area contributed by atoms with Gasteiger partial charge in [0.05, 0.1) is 21.3 Å². The number of ether oxygens (including phenoxy) is 2. The summed E-state index contributed by atoms with van der Waals surface area (Å²) in [4.78, 5) is 6.11. The fourth-order valence-corrected chi connectivity index (χ4v) is 15.8. The van der Waals surface area contributed by atoms with E-state index in [2.05, 4.69) is 198 Å². The molecule has 8 aromatic carbocycles. The van der Waals surface area contributed by atoms with E-state index < -0.39 is 8.07 Å². The van der Waals surface area contributed by atoms with Crippen LogP contribution < -0.4 is 30.2 Å². The Labute approximate surface area is 374 Å². The van der Waals surface area contributed by atoms with E-state index in [1.807, 2.05) is 30.3 Å². The van der Waals surface area contributed by atoms with Crippen LogP contribution in [-0.4, -0.2) is 17.5 Å². The third kappa shape index (κ3) is 6.34. The van der Waals surface area contributed by atoms with Crippen molar-refractivity contribution in [3.63, 3.8) is 0 Å². The molecule has 1 aliphatic rings. The number of para-hydroxylation sites is 5. The first-order valence-electron chi connectivity index (χ1n) is 21.8. The van der Waals surface area contributed by atoms with Crippen molar-refractivity contribution >= 4 is 66.4 Å². The molecule has 0 saturated heterocycles. The zero-order valence-corrected chi connectivity index (χ0v) is 38.3. The normalized spacial score (nSPS) is 12.9. The molecule has 0 unspecified atom stereocenters. The van der Waals surface area contributed by atoms with Gasteiger partial charge in [-0.1, -0.05) is 198 Å². The minimum atomic E-state index is -3.09. The molecule has 0 fully saturated rings. The summed E-state index contributed by atoms with van der Waals surface area (Å²) in [6.45, 7) is 13.9. The fraction of sp³-hybridized carbons (Fsp3) is 0.140. The van der Waals surface area contributed by atoms with Crippen LogP contribution in [0.25, 0.3) is 48.5 Å². The first-order valence-corrected chi connectivity index (χ1v) is 24.6. The molecule has 0 amide bonds. The molecule has 0 aliphatic carbocycles. The molecular weight excluding hydrogens is 805 g/mol. The van der Waals surface area contributed by atoms with Crippen molar-refractivity contribution in [2.75, 3.05) is 0 Å². The molecule has 0 radical (unpaired) electrons. The van der Waals surface area contributed by atoms with E-state index in [-0.39, 0.29) is 10.8 Å². The molecule has 2 aromatic heterocycles. The zero-order valence-electron chi connectivity index (χ0n) is 36.4. The Bertz CT molecular complexity index is 3330. The number of thiazole rings is 1. The Hall–Kier alpha value is -6.73. The van der Waals surface area contributed by atoms with E-state index in [4.69, 9.17) is 14.5 Å². The molecule has 0 spiro atoms. The lowest BCUT2D eigenvalue weighted by molar-refractivity contribution is 0.360. The summed E-state index contributed by atoms with van der Waals surface area (Å²) in [5.74, 6) is 2.90. The second kappa shape index (κ2) is 14.7. The second-order valence-electron chi connectivity index (χ2n) is 18.8. The minimum absolute atomic E-state index is 0.127. The van der Waals surface area contributed by atoms with Gasteiger partial charge in [0.15, 0.2) is 36.0 Å². The second-order valence-corrected chi connectivity index (χ2v) is 23.5. The van der Waals surface area contributed by atoms with E-state index in [1.165, 1.54) is 53.2 Å². The monoisotopic (exact) mass is 852 g/mol. The Morgan fingerprint density at radius 3 is 1.59 bits per heavy atom. The molecule has 63 heavy (non-hydrogen) atoms. The van der Waals surface area contributed by atoms with E-state index in [0.29, 0.717) is 0 Å². The third-order valence-corrected chi connectivity index (χ3v) is 18.6. The zero-order chi connectivity index (χ0) is 43.1. The number of imidazole rings is 1.